The summed E-state index contributed by atoms with van der Waals surface area (Å²) in [6.07, 6.45) is 3.52. The SMILES string of the molecule is CC1CC(CN2C(=O)N(CC3CNN(C)C3)C(=O)C3CC(S(=O)(=O)NC4(C)CC4)CCC32)ON1. The van der Waals surface area contributed by atoms with Gasteiger partial charge in [0, 0.05) is 50.2 Å². The van der Waals surface area contributed by atoms with Crippen LogP contribution in [0.15, 0.2) is 0 Å². The third kappa shape index (κ3) is 4.85. The van der Waals surface area contributed by atoms with Crippen LogP contribution in [0, 0.1) is 11.8 Å². The molecule has 0 aromatic rings. The molecule has 3 N–H and O–H groups in total. The van der Waals surface area contributed by atoms with E-state index in [2.05, 4.69) is 15.6 Å². The first kappa shape index (κ1) is 24.4. The monoisotopic (exact) mass is 498 g/mol. The number of hydroxylamine groups is 1. The standard InChI is InChI=1S/C22H38N6O5S/c1-14-8-16(33-24-14)13-27-19-5-4-17(34(31,32)25-22(2)6-7-22)9-18(19)20(29)28(21(27)30)12-15-10-23-26(3)11-15/h14-19,23-25H,4-13H2,1-3H3. The summed E-state index contributed by atoms with van der Waals surface area (Å²) < 4.78 is 29.1. The molecule has 6 unspecified atom stereocenters. The lowest BCUT2D eigenvalue weighted by molar-refractivity contribution is -0.141. The van der Waals surface area contributed by atoms with Crippen LogP contribution in [0.25, 0.3) is 0 Å². The number of nitrogens with one attached hydrogen (secondary N) is 3. The smallest absolute Gasteiger partial charge is 0.318 e. The van der Waals surface area contributed by atoms with E-state index in [9.17, 15) is 18.0 Å². The summed E-state index contributed by atoms with van der Waals surface area (Å²) >= 11 is 0. The van der Waals surface area contributed by atoms with Gasteiger partial charge in [0.25, 0.3) is 0 Å². The van der Waals surface area contributed by atoms with Crippen molar-refractivity contribution in [2.75, 3.05) is 33.2 Å². The van der Waals surface area contributed by atoms with Gasteiger partial charge < -0.3 is 4.90 Å². The van der Waals surface area contributed by atoms with Crippen molar-refractivity contribution in [3.8, 4) is 0 Å². The van der Waals surface area contributed by atoms with Crippen molar-refractivity contribution in [3.63, 3.8) is 0 Å². The van der Waals surface area contributed by atoms with Gasteiger partial charge in [0.15, 0.2) is 0 Å². The predicted octanol–water partition coefficient (Wildman–Crippen LogP) is 0.00800. The zero-order valence-electron chi connectivity index (χ0n) is 20.3. The Kier molecular flexibility index (Phi) is 6.43. The molecule has 0 bridgehead atoms. The maximum Gasteiger partial charge on any atom is 0.327 e. The Labute approximate surface area is 201 Å². The number of carbonyl (C=O) groups is 2. The summed E-state index contributed by atoms with van der Waals surface area (Å²) in [6, 6.07) is -0.355. The topological polar surface area (TPSA) is 123 Å². The molecule has 2 aliphatic carbocycles. The number of fused-ring (bicyclic) bond motifs is 1. The normalized spacial score (nSPS) is 38.4. The van der Waals surface area contributed by atoms with Gasteiger partial charge in [-0.3, -0.25) is 20.0 Å². The number of nitrogens with zero attached hydrogens (tertiary/aromatic N) is 3. The van der Waals surface area contributed by atoms with E-state index in [-0.39, 0.29) is 48.0 Å². The molecule has 0 spiro atoms. The highest BCUT2D eigenvalue weighted by atomic mass is 32.2. The molecule has 3 saturated heterocycles. The van der Waals surface area contributed by atoms with Gasteiger partial charge in [0.2, 0.25) is 15.9 Å². The van der Waals surface area contributed by atoms with Crippen LogP contribution >= 0.6 is 0 Å². The second-order valence-corrected chi connectivity index (χ2v) is 13.3. The first-order valence-corrected chi connectivity index (χ1v) is 14.1. The minimum Gasteiger partial charge on any atom is -0.318 e. The fourth-order valence-electron chi connectivity index (χ4n) is 5.94. The molecular formula is C22H38N6O5S. The molecule has 2 saturated carbocycles. The lowest BCUT2D eigenvalue weighted by atomic mass is 9.80. The fourth-order valence-corrected chi connectivity index (χ4v) is 7.91. The van der Waals surface area contributed by atoms with Crippen LogP contribution in [0.1, 0.15) is 52.4 Å². The van der Waals surface area contributed by atoms with Crippen molar-refractivity contribution in [2.45, 2.75) is 81.3 Å². The average molecular weight is 499 g/mol. The minimum atomic E-state index is -3.54. The lowest BCUT2D eigenvalue weighted by Gasteiger charge is -2.49. The second kappa shape index (κ2) is 8.97. The Morgan fingerprint density at radius 2 is 1.94 bits per heavy atom. The molecule has 0 aromatic heterocycles. The number of sulfonamides is 1. The van der Waals surface area contributed by atoms with E-state index in [0.717, 1.165) is 25.8 Å². The van der Waals surface area contributed by atoms with E-state index >= 15 is 0 Å². The van der Waals surface area contributed by atoms with Gasteiger partial charge in [0.05, 0.1) is 23.8 Å². The first-order chi connectivity index (χ1) is 16.0. The maximum absolute atomic E-state index is 13.6. The molecule has 0 radical (unpaired) electrons. The van der Waals surface area contributed by atoms with Gasteiger partial charge >= 0.3 is 6.03 Å². The third-order valence-electron chi connectivity index (χ3n) is 8.13. The zero-order valence-corrected chi connectivity index (χ0v) is 21.1. The molecule has 192 valence electrons. The molecule has 5 rings (SSSR count). The molecule has 3 heterocycles. The van der Waals surface area contributed by atoms with Crippen LogP contribution in [0.2, 0.25) is 0 Å². The summed E-state index contributed by atoms with van der Waals surface area (Å²) in [4.78, 5) is 36.1. The van der Waals surface area contributed by atoms with Crippen LogP contribution < -0.4 is 15.6 Å². The predicted molar refractivity (Wildman–Crippen MR) is 125 cm³/mol. The van der Waals surface area contributed by atoms with Crippen molar-refractivity contribution in [1.82, 2.24) is 30.4 Å². The Balaban J connectivity index is 1.36. The summed E-state index contributed by atoms with van der Waals surface area (Å²) in [6.45, 7) is 6.14. The van der Waals surface area contributed by atoms with E-state index in [1.807, 2.05) is 25.9 Å². The highest BCUT2D eigenvalue weighted by Gasteiger charge is 2.53. The molecule has 5 fully saturated rings. The van der Waals surface area contributed by atoms with Crippen molar-refractivity contribution in [3.05, 3.63) is 0 Å². The summed E-state index contributed by atoms with van der Waals surface area (Å²) in [5.41, 5.74) is 5.85. The highest BCUT2D eigenvalue weighted by Crippen LogP contribution is 2.40. The van der Waals surface area contributed by atoms with Gasteiger partial charge in [-0.25, -0.2) is 22.9 Å². The molecule has 5 aliphatic rings. The fraction of sp³-hybridized carbons (Fsp3) is 0.909. The van der Waals surface area contributed by atoms with Gasteiger partial charge in [-0.2, -0.15) is 5.48 Å². The average Bonchev–Trinajstić information content (AvgIpc) is 3.14. The van der Waals surface area contributed by atoms with Gasteiger partial charge in [-0.05, 0) is 52.4 Å². The van der Waals surface area contributed by atoms with Crippen LogP contribution in [-0.2, 0) is 19.7 Å². The lowest BCUT2D eigenvalue weighted by Crippen LogP contribution is -2.65. The van der Waals surface area contributed by atoms with Crippen molar-refractivity contribution in [2.24, 2.45) is 11.8 Å². The largest absolute Gasteiger partial charge is 0.327 e. The van der Waals surface area contributed by atoms with Gasteiger partial charge in [-0.15, -0.1) is 0 Å². The van der Waals surface area contributed by atoms with Crippen LogP contribution in [0.5, 0.6) is 0 Å². The molecule has 11 nitrogen and oxygen atoms in total. The number of hydrogen-bond donors (Lipinski definition) is 3. The number of carbonyl (C=O) groups excluding carboxylic acids is 2. The second-order valence-electron chi connectivity index (χ2n) is 11.3. The number of urea groups is 1. The molecular weight excluding hydrogens is 460 g/mol. The van der Waals surface area contributed by atoms with E-state index in [0.29, 0.717) is 32.5 Å². The summed E-state index contributed by atoms with van der Waals surface area (Å²) in [5, 5.41) is 1.35. The Morgan fingerprint density at radius 3 is 2.56 bits per heavy atom. The Morgan fingerprint density at radius 1 is 1.18 bits per heavy atom. The number of rotatable bonds is 7. The Hall–Kier alpha value is -1.31. The van der Waals surface area contributed by atoms with E-state index < -0.39 is 21.2 Å². The van der Waals surface area contributed by atoms with Crippen LogP contribution in [-0.4, -0.2) is 97.4 Å². The van der Waals surface area contributed by atoms with Crippen LogP contribution in [0.4, 0.5) is 4.79 Å². The van der Waals surface area contributed by atoms with Gasteiger partial charge in [-0.1, -0.05) is 0 Å². The summed E-state index contributed by atoms with van der Waals surface area (Å²) in [7, 11) is -1.59. The van der Waals surface area contributed by atoms with E-state index in [1.54, 1.807) is 4.90 Å². The number of hydrogen-bond acceptors (Lipinski definition) is 8. The van der Waals surface area contributed by atoms with Crippen molar-refractivity contribution < 1.29 is 22.8 Å². The molecule has 3 aliphatic heterocycles. The first-order valence-electron chi connectivity index (χ1n) is 12.6. The van der Waals surface area contributed by atoms with Crippen molar-refractivity contribution in [1.29, 1.82) is 0 Å². The quantitative estimate of drug-likeness (QED) is 0.449. The zero-order chi connectivity index (χ0) is 24.3. The summed E-state index contributed by atoms with van der Waals surface area (Å²) in [5.74, 6) is -0.601. The third-order valence-corrected chi connectivity index (χ3v) is 10.2. The van der Waals surface area contributed by atoms with E-state index in [1.165, 1.54) is 4.90 Å². The molecule has 6 atom stereocenters. The van der Waals surface area contributed by atoms with E-state index in [4.69, 9.17) is 4.84 Å². The Bertz CT molecular complexity index is 927. The number of amides is 3. The highest BCUT2D eigenvalue weighted by molar-refractivity contribution is 7.90. The molecule has 12 heteroatoms. The molecule has 0 aromatic carbocycles. The number of imide groups is 1. The van der Waals surface area contributed by atoms with Crippen molar-refractivity contribution >= 4 is 22.0 Å². The minimum absolute atomic E-state index is 0.139. The molecule has 34 heavy (non-hydrogen) atoms. The maximum atomic E-state index is 13.6. The van der Waals surface area contributed by atoms with Crippen LogP contribution in [0.3, 0.4) is 0 Å². The van der Waals surface area contributed by atoms with Gasteiger partial charge in [0.1, 0.15) is 0 Å². The number of hydrazine groups is 1. The molecule has 3 amide bonds.